The lowest BCUT2D eigenvalue weighted by Crippen LogP contribution is -2.32. The highest BCUT2D eigenvalue weighted by Crippen LogP contribution is 2.36. The lowest BCUT2D eigenvalue weighted by molar-refractivity contribution is -0.137. The maximum Gasteiger partial charge on any atom is 0.278 e. The van der Waals surface area contributed by atoms with Crippen molar-refractivity contribution in [3.8, 4) is 11.5 Å². The van der Waals surface area contributed by atoms with E-state index < -0.39 is 11.8 Å². The molecule has 2 aliphatic heterocycles. The Bertz CT molecular complexity index is 1310. The summed E-state index contributed by atoms with van der Waals surface area (Å²) in [5.74, 6) is -0.0157. The second-order valence-electron chi connectivity index (χ2n) is 8.08. The number of rotatable bonds is 5. The van der Waals surface area contributed by atoms with Gasteiger partial charge in [-0.1, -0.05) is 29.8 Å². The maximum atomic E-state index is 13.5. The van der Waals surface area contributed by atoms with Crippen LogP contribution in [0.3, 0.4) is 0 Å². The molecule has 5 rings (SSSR count). The molecule has 7 heteroatoms. The number of carbonyl (C=O) groups excluding carboxylic acids is 2. The van der Waals surface area contributed by atoms with Crippen LogP contribution in [-0.2, 0) is 16.1 Å². The van der Waals surface area contributed by atoms with Gasteiger partial charge in [0.15, 0.2) is 11.5 Å². The Labute approximate surface area is 190 Å². The molecule has 2 amide bonds. The molecular weight excluding hydrogens is 423 g/mol. The van der Waals surface area contributed by atoms with Gasteiger partial charge in [-0.05, 0) is 66.9 Å². The molecule has 0 aliphatic carbocycles. The molecule has 3 aromatic carbocycles. The van der Waals surface area contributed by atoms with Gasteiger partial charge in [-0.3, -0.25) is 14.5 Å². The molecule has 0 fully saturated rings. The van der Waals surface area contributed by atoms with Crippen LogP contribution >= 0.6 is 0 Å². The van der Waals surface area contributed by atoms with E-state index in [1.165, 1.54) is 29.2 Å². The van der Waals surface area contributed by atoms with Gasteiger partial charge in [-0.2, -0.15) is 0 Å². The third kappa shape index (κ3) is 3.82. The van der Waals surface area contributed by atoms with Gasteiger partial charge in [0, 0.05) is 5.69 Å². The van der Waals surface area contributed by atoms with Crippen molar-refractivity contribution >= 4 is 23.1 Å². The van der Waals surface area contributed by atoms with Crippen LogP contribution in [0.5, 0.6) is 11.5 Å². The van der Waals surface area contributed by atoms with Crippen molar-refractivity contribution in [2.24, 2.45) is 0 Å². The molecule has 6 nitrogen and oxygen atoms in total. The molecule has 0 bridgehead atoms. The van der Waals surface area contributed by atoms with Gasteiger partial charge in [0.2, 0.25) is 6.79 Å². The van der Waals surface area contributed by atoms with Crippen LogP contribution < -0.4 is 14.8 Å². The molecule has 33 heavy (non-hydrogen) atoms. The molecule has 0 unspecified atom stereocenters. The number of anilines is 1. The fourth-order valence-corrected chi connectivity index (χ4v) is 4.08. The molecule has 2 aliphatic rings. The van der Waals surface area contributed by atoms with Crippen molar-refractivity contribution in [3.63, 3.8) is 0 Å². The third-order valence-corrected chi connectivity index (χ3v) is 5.71. The van der Waals surface area contributed by atoms with Crippen molar-refractivity contribution in [1.82, 2.24) is 4.90 Å². The Morgan fingerprint density at radius 3 is 2.42 bits per heavy atom. The number of aryl methyl sites for hydroxylation is 2. The first kappa shape index (κ1) is 20.8. The fraction of sp³-hybridized carbons (Fsp3) is 0.154. The number of carbonyl (C=O) groups is 2. The van der Waals surface area contributed by atoms with E-state index in [0.717, 1.165) is 16.7 Å². The van der Waals surface area contributed by atoms with Gasteiger partial charge in [0.1, 0.15) is 11.5 Å². The molecule has 2 heterocycles. The number of amides is 2. The van der Waals surface area contributed by atoms with Gasteiger partial charge < -0.3 is 14.8 Å². The molecule has 0 radical (unpaired) electrons. The van der Waals surface area contributed by atoms with Crippen LogP contribution in [0.2, 0.25) is 0 Å². The summed E-state index contributed by atoms with van der Waals surface area (Å²) in [5, 5.41) is 3.05. The fourth-order valence-electron chi connectivity index (χ4n) is 4.08. The monoisotopic (exact) mass is 444 g/mol. The van der Waals surface area contributed by atoms with Gasteiger partial charge in [0.25, 0.3) is 11.8 Å². The van der Waals surface area contributed by atoms with E-state index in [1.54, 1.807) is 18.2 Å². The van der Waals surface area contributed by atoms with E-state index in [-0.39, 0.29) is 24.9 Å². The van der Waals surface area contributed by atoms with Crippen molar-refractivity contribution in [2.45, 2.75) is 20.4 Å². The third-order valence-electron chi connectivity index (χ3n) is 5.71. The van der Waals surface area contributed by atoms with Crippen molar-refractivity contribution < 1.29 is 23.5 Å². The van der Waals surface area contributed by atoms with Gasteiger partial charge in [0.05, 0.1) is 12.1 Å². The maximum absolute atomic E-state index is 13.5. The molecule has 1 N–H and O–H groups in total. The lowest BCUT2D eigenvalue weighted by Gasteiger charge is -2.16. The highest BCUT2D eigenvalue weighted by Gasteiger charge is 2.39. The minimum absolute atomic E-state index is 0.0807. The van der Waals surface area contributed by atoms with Crippen LogP contribution in [0.4, 0.5) is 10.1 Å². The molecule has 0 atom stereocenters. The SMILES string of the molecule is Cc1ccc(C2=C(Nc3ccc(F)cc3)C(=O)N(Cc3ccc4c(c3)OCO4)C2=O)c(C)c1. The number of nitrogens with one attached hydrogen (secondary N) is 1. The van der Waals surface area contributed by atoms with E-state index in [0.29, 0.717) is 28.3 Å². The van der Waals surface area contributed by atoms with Gasteiger partial charge >= 0.3 is 0 Å². The first-order chi connectivity index (χ1) is 15.9. The molecule has 0 saturated heterocycles. The summed E-state index contributed by atoms with van der Waals surface area (Å²) in [7, 11) is 0. The standard InChI is InChI=1S/C26H21FN2O4/c1-15-3-9-20(16(2)11-15)23-24(28-19-7-5-18(27)6-8-19)26(31)29(25(23)30)13-17-4-10-21-22(12-17)33-14-32-21/h3-12,28H,13-14H2,1-2H3. The zero-order valence-corrected chi connectivity index (χ0v) is 18.1. The molecule has 3 aromatic rings. The summed E-state index contributed by atoms with van der Waals surface area (Å²) in [6, 6.07) is 16.7. The highest BCUT2D eigenvalue weighted by atomic mass is 19.1. The molecular formula is C26H21FN2O4. The summed E-state index contributed by atoms with van der Waals surface area (Å²) in [4.78, 5) is 28.2. The summed E-state index contributed by atoms with van der Waals surface area (Å²) < 4.78 is 24.1. The minimum Gasteiger partial charge on any atom is -0.454 e. The van der Waals surface area contributed by atoms with Gasteiger partial charge in [-0.25, -0.2) is 4.39 Å². The number of hydrogen-bond acceptors (Lipinski definition) is 5. The number of imide groups is 1. The van der Waals surface area contributed by atoms with Crippen molar-refractivity contribution in [1.29, 1.82) is 0 Å². The Balaban J connectivity index is 1.53. The Morgan fingerprint density at radius 1 is 0.909 bits per heavy atom. The topological polar surface area (TPSA) is 67.9 Å². The Kier molecular flexibility index (Phi) is 5.09. The smallest absolute Gasteiger partial charge is 0.278 e. The van der Waals surface area contributed by atoms with E-state index in [1.807, 2.05) is 32.0 Å². The predicted molar refractivity (Wildman–Crippen MR) is 121 cm³/mol. The molecule has 166 valence electrons. The summed E-state index contributed by atoms with van der Waals surface area (Å²) in [6.07, 6.45) is 0. The average molecular weight is 444 g/mol. The van der Waals surface area contributed by atoms with Crippen LogP contribution in [0.15, 0.2) is 66.4 Å². The number of hydrogen-bond donors (Lipinski definition) is 1. The largest absolute Gasteiger partial charge is 0.454 e. The average Bonchev–Trinajstić information content (AvgIpc) is 3.34. The molecule has 0 saturated carbocycles. The second-order valence-corrected chi connectivity index (χ2v) is 8.08. The molecule has 0 aromatic heterocycles. The van der Waals surface area contributed by atoms with Crippen molar-refractivity contribution in [2.75, 3.05) is 12.1 Å². The van der Waals surface area contributed by atoms with E-state index >= 15 is 0 Å². The summed E-state index contributed by atoms with van der Waals surface area (Å²) in [5.41, 5.74) is 4.33. The lowest BCUT2D eigenvalue weighted by atomic mass is 9.97. The van der Waals surface area contributed by atoms with Crippen molar-refractivity contribution in [3.05, 3.63) is 94.4 Å². The van der Waals surface area contributed by atoms with E-state index in [4.69, 9.17) is 9.47 Å². The predicted octanol–water partition coefficient (Wildman–Crippen LogP) is 4.56. The van der Waals surface area contributed by atoms with Crippen LogP contribution in [0, 0.1) is 19.7 Å². The zero-order chi connectivity index (χ0) is 23.1. The Hall–Kier alpha value is -4.13. The first-order valence-corrected chi connectivity index (χ1v) is 10.5. The van der Waals surface area contributed by atoms with E-state index in [2.05, 4.69) is 5.32 Å². The van der Waals surface area contributed by atoms with Crippen LogP contribution in [0.25, 0.3) is 5.57 Å². The quantitative estimate of drug-likeness (QED) is 0.585. The zero-order valence-electron chi connectivity index (χ0n) is 18.1. The van der Waals surface area contributed by atoms with Gasteiger partial charge in [-0.15, -0.1) is 0 Å². The Morgan fingerprint density at radius 2 is 1.67 bits per heavy atom. The second kappa shape index (κ2) is 8.09. The van der Waals surface area contributed by atoms with Crippen LogP contribution in [-0.4, -0.2) is 23.5 Å². The highest BCUT2D eigenvalue weighted by molar-refractivity contribution is 6.36. The van der Waals surface area contributed by atoms with Crippen LogP contribution in [0.1, 0.15) is 22.3 Å². The first-order valence-electron chi connectivity index (χ1n) is 10.5. The normalized spacial score (nSPS) is 14.9. The minimum atomic E-state index is -0.447. The number of benzene rings is 3. The summed E-state index contributed by atoms with van der Waals surface area (Å²) >= 11 is 0. The number of ether oxygens (including phenoxy) is 2. The number of fused-ring (bicyclic) bond motifs is 1. The van der Waals surface area contributed by atoms with E-state index in [9.17, 15) is 14.0 Å². The number of nitrogens with zero attached hydrogens (tertiary/aromatic N) is 1. The number of halogens is 1. The molecule has 0 spiro atoms. The summed E-state index contributed by atoms with van der Waals surface area (Å²) in [6.45, 7) is 4.10.